The normalized spacial score (nSPS) is 25.6. The maximum atomic E-state index is 15.2. The molecule has 2 bridgehead atoms. The number of piperidine rings is 1. The van der Waals surface area contributed by atoms with Crippen LogP contribution in [0.4, 0.5) is 14.7 Å². The van der Waals surface area contributed by atoms with Gasteiger partial charge in [0.1, 0.15) is 17.6 Å². The minimum absolute atomic E-state index is 0.115. The molecule has 3 aliphatic rings. The van der Waals surface area contributed by atoms with Crippen LogP contribution in [0.2, 0.25) is 0 Å². The number of rotatable bonds is 5. The average Bonchev–Trinajstić information content (AvgIpc) is 3.60. The number of aromatic nitrogens is 5. The summed E-state index contributed by atoms with van der Waals surface area (Å²) in [5.41, 5.74) is 0.495. The fraction of sp³-hybridized carbons (Fsp3) is 0.458. The van der Waals surface area contributed by atoms with Crippen LogP contribution in [-0.4, -0.2) is 60.2 Å². The van der Waals surface area contributed by atoms with Gasteiger partial charge in [-0.05, 0) is 44.2 Å². The van der Waals surface area contributed by atoms with Crippen LogP contribution in [0.3, 0.4) is 0 Å². The lowest BCUT2D eigenvalue weighted by atomic mass is 9.96. The predicted octanol–water partition coefficient (Wildman–Crippen LogP) is 2.34. The Morgan fingerprint density at radius 3 is 2.66 bits per heavy atom. The van der Waals surface area contributed by atoms with Crippen LogP contribution in [0.1, 0.15) is 32.1 Å². The van der Waals surface area contributed by atoms with Gasteiger partial charge in [-0.15, -0.1) is 10.2 Å². The molecular weight excluding hydrogens is 456 g/mol. The Kier molecular flexibility index (Phi) is 5.24. The van der Waals surface area contributed by atoms with Gasteiger partial charge in [-0.3, -0.25) is 4.57 Å². The van der Waals surface area contributed by atoms with Gasteiger partial charge >= 0.3 is 5.69 Å². The van der Waals surface area contributed by atoms with E-state index in [4.69, 9.17) is 0 Å². The fourth-order valence-electron chi connectivity index (χ4n) is 5.26. The SMILES string of the molecule is Cn1c(F)cc(-c2ccc(-c3cnc(N(C4CC4)[C@@H]4C[C@@H]5CC[C@H](N5)[C@@H]4F)nn3)c(O)c2)nc1=O. The quantitative estimate of drug-likeness (QED) is 0.535. The number of hydrogen-bond donors (Lipinski definition) is 2. The largest absolute Gasteiger partial charge is 0.507 e. The standard InChI is InChI=1S/C24H25F2N7O2/c1-32-21(25)10-17(29-24(32)35)12-2-6-15(20(34)8-12)18-11-27-23(31-30-18)33(14-4-5-14)19-9-13-3-7-16(28-13)22(19)26/h2,6,8,10-11,13-14,16,19,22,28,34H,3-5,7,9H2,1H3/t13-,16-,19+,22-/m0/s1. The van der Waals surface area contributed by atoms with E-state index in [2.05, 4.69) is 25.5 Å². The topological polar surface area (TPSA) is 109 Å². The van der Waals surface area contributed by atoms with Crippen LogP contribution in [0, 0.1) is 5.95 Å². The highest BCUT2D eigenvalue weighted by Crippen LogP contribution is 2.39. The number of hydrogen-bond acceptors (Lipinski definition) is 8. The summed E-state index contributed by atoms with van der Waals surface area (Å²) in [5, 5.41) is 22.6. The minimum atomic E-state index is -0.984. The summed E-state index contributed by atoms with van der Waals surface area (Å²) in [7, 11) is 1.29. The summed E-state index contributed by atoms with van der Waals surface area (Å²) in [6.07, 6.45) is 5.07. The van der Waals surface area contributed by atoms with Gasteiger partial charge < -0.3 is 15.3 Å². The van der Waals surface area contributed by atoms with E-state index in [1.165, 1.54) is 19.3 Å². The number of nitrogens with one attached hydrogen (secondary N) is 1. The Morgan fingerprint density at radius 2 is 1.97 bits per heavy atom. The second-order valence-corrected chi connectivity index (χ2v) is 9.61. The van der Waals surface area contributed by atoms with Gasteiger partial charge in [-0.25, -0.2) is 14.2 Å². The monoisotopic (exact) mass is 481 g/mol. The first kappa shape index (κ1) is 22.0. The number of aromatic hydroxyl groups is 1. The van der Waals surface area contributed by atoms with E-state index >= 15 is 4.39 Å². The van der Waals surface area contributed by atoms with Crippen molar-refractivity contribution in [2.45, 2.75) is 62.4 Å². The van der Waals surface area contributed by atoms with Crippen molar-refractivity contribution in [3.63, 3.8) is 0 Å². The molecule has 1 saturated carbocycles. The Morgan fingerprint density at radius 1 is 1.14 bits per heavy atom. The first-order valence-electron chi connectivity index (χ1n) is 11.8. The Labute approximate surface area is 199 Å². The molecule has 4 atom stereocenters. The summed E-state index contributed by atoms with van der Waals surface area (Å²) < 4.78 is 30.0. The number of alkyl halides is 1. The molecule has 3 aromatic rings. The number of fused-ring (bicyclic) bond motifs is 2. The van der Waals surface area contributed by atoms with E-state index in [0.717, 1.165) is 42.7 Å². The number of phenolic OH excluding ortho intramolecular Hbond substituents is 1. The summed E-state index contributed by atoms with van der Waals surface area (Å²) >= 11 is 0. The van der Waals surface area contributed by atoms with Crippen molar-refractivity contribution in [1.29, 1.82) is 0 Å². The lowest BCUT2D eigenvalue weighted by Gasteiger charge is -2.40. The van der Waals surface area contributed by atoms with E-state index in [9.17, 15) is 14.3 Å². The highest BCUT2D eigenvalue weighted by atomic mass is 19.1. The van der Waals surface area contributed by atoms with Crippen LogP contribution in [0.25, 0.3) is 22.5 Å². The zero-order valence-electron chi connectivity index (χ0n) is 19.1. The molecule has 0 amide bonds. The van der Waals surface area contributed by atoms with Crippen molar-refractivity contribution in [1.82, 2.24) is 30.0 Å². The number of phenols is 1. The van der Waals surface area contributed by atoms with Gasteiger partial charge in [0.2, 0.25) is 5.95 Å². The second kappa shape index (κ2) is 8.33. The molecule has 2 aromatic heterocycles. The zero-order chi connectivity index (χ0) is 24.3. The van der Waals surface area contributed by atoms with Crippen molar-refractivity contribution >= 4 is 5.95 Å². The van der Waals surface area contributed by atoms with E-state index in [-0.39, 0.29) is 29.6 Å². The van der Waals surface area contributed by atoms with E-state index in [1.807, 2.05) is 4.90 Å². The maximum Gasteiger partial charge on any atom is 0.350 e. The minimum Gasteiger partial charge on any atom is -0.507 e. The zero-order valence-corrected chi connectivity index (χ0v) is 19.1. The maximum absolute atomic E-state index is 15.2. The first-order valence-corrected chi connectivity index (χ1v) is 11.8. The number of nitrogens with zero attached hydrogens (tertiary/aromatic N) is 6. The lowest BCUT2D eigenvalue weighted by Crippen LogP contribution is -2.57. The molecule has 2 aliphatic heterocycles. The molecule has 11 heteroatoms. The van der Waals surface area contributed by atoms with Crippen molar-refractivity contribution in [2.24, 2.45) is 7.05 Å². The summed E-state index contributed by atoms with van der Waals surface area (Å²) in [4.78, 5) is 22.2. The smallest absolute Gasteiger partial charge is 0.350 e. The van der Waals surface area contributed by atoms with E-state index in [1.54, 1.807) is 12.1 Å². The predicted molar refractivity (Wildman–Crippen MR) is 124 cm³/mol. The molecule has 0 unspecified atom stereocenters. The van der Waals surface area contributed by atoms with Crippen LogP contribution in [0.15, 0.2) is 35.3 Å². The fourth-order valence-corrected chi connectivity index (χ4v) is 5.26. The molecule has 2 N–H and O–H groups in total. The van der Waals surface area contributed by atoms with Crippen molar-refractivity contribution in [3.05, 3.63) is 46.9 Å². The highest BCUT2D eigenvalue weighted by Gasteiger charge is 2.48. The van der Waals surface area contributed by atoms with Crippen LogP contribution in [-0.2, 0) is 7.05 Å². The molecule has 6 rings (SSSR count). The second-order valence-electron chi connectivity index (χ2n) is 9.61. The van der Waals surface area contributed by atoms with Gasteiger partial charge in [0, 0.05) is 42.4 Å². The van der Waals surface area contributed by atoms with Gasteiger partial charge in [0.25, 0.3) is 0 Å². The summed E-state index contributed by atoms with van der Waals surface area (Å²) in [5.74, 6) is -0.458. The molecule has 1 aromatic carbocycles. The molecule has 182 valence electrons. The van der Waals surface area contributed by atoms with Gasteiger partial charge in [-0.2, -0.15) is 9.37 Å². The van der Waals surface area contributed by atoms with E-state index in [0.29, 0.717) is 28.8 Å². The third kappa shape index (κ3) is 3.93. The van der Waals surface area contributed by atoms with Crippen LogP contribution in [0.5, 0.6) is 5.75 Å². The Balaban J connectivity index is 1.27. The van der Waals surface area contributed by atoms with Crippen molar-refractivity contribution in [2.75, 3.05) is 4.90 Å². The van der Waals surface area contributed by atoms with Gasteiger partial charge in [-0.1, -0.05) is 6.07 Å². The van der Waals surface area contributed by atoms with Crippen LogP contribution >= 0.6 is 0 Å². The average molecular weight is 482 g/mol. The van der Waals surface area contributed by atoms with Crippen molar-refractivity contribution < 1.29 is 13.9 Å². The third-order valence-electron chi connectivity index (χ3n) is 7.28. The number of halogens is 2. The molecule has 4 heterocycles. The number of benzene rings is 1. The molecule has 35 heavy (non-hydrogen) atoms. The molecule has 3 fully saturated rings. The van der Waals surface area contributed by atoms with Crippen LogP contribution < -0.4 is 15.9 Å². The molecule has 9 nitrogen and oxygen atoms in total. The molecular formula is C24H25F2N7O2. The molecule has 1 aliphatic carbocycles. The molecule has 0 radical (unpaired) electrons. The van der Waals surface area contributed by atoms with Gasteiger partial charge in [0.05, 0.1) is 17.9 Å². The third-order valence-corrected chi connectivity index (χ3v) is 7.28. The van der Waals surface area contributed by atoms with E-state index < -0.39 is 17.8 Å². The number of anilines is 1. The summed E-state index contributed by atoms with van der Waals surface area (Å²) in [6, 6.07) is 5.89. The molecule has 2 saturated heterocycles. The highest BCUT2D eigenvalue weighted by molar-refractivity contribution is 5.72. The molecule has 0 spiro atoms. The lowest BCUT2D eigenvalue weighted by molar-refractivity contribution is 0.171. The van der Waals surface area contributed by atoms with Gasteiger partial charge in [0.15, 0.2) is 5.95 Å². The van der Waals surface area contributed by atoms with Crippen molar-refractivity contribution in [3.8, 4) is 28.3 Å². The first-order chi connectivity index (χ1) is 16.9. The summed E-state index contributed by atoms with van der Waals surface area (Å²) in [6.45, 7) is 0. The Hall–Kier alpha value is -3.47. The Bertz CT molecular complexity index is 1330.